The number of aromatic nitrogens is 5. The van der Waals surface area contributed by atoms with Crippen molar-refractivity contribution in [2.45, 2.75) is 129 Å². The largest absolute Gasteiger partial charge is 0.508 e. The van der Waals surface area contributed by atoms with Gasteiger partial charge in [0.05, 0.1) is 23.0 Å². The lowest BCUT2D eigenvalue weighted by molar-refractivity contribution is -0.123. The fourth-order valence-corrected chi connectivity index (χ4v) is 7.72. The van der Waals surface area contributed by atoms with Gasteiger partial charge in [-0.25, -0.2) is 4.98 Å². The van der Waals surface area contributed by atoms with Crippen molar-refractivity contribution < 1.29 is 39.2 Å². The summed E-state index contributed by atoms with van der Waals surface area (Å²) in [6, 6.07) is 18.0. The lowest BCUT2D eigenvalue weighted by Crippen LogP contribution is -2.56. The van der Waals surface area contributed by atoms with Gasteiger partial charge in [0.2, 0.25) is 11.7 Å². The maximum absolute atomic E-state index is 13.9. The Labute approximate surface area is 405 Å². The van der Waals surface area contributed by atoms with Gasteiger partial charge in [-0.3, -0.25) is 28.7 Å². The Bertz CT molecular complexity index is 2480. The number of benzene rings is 3. The third-order valence-electron chi connectivity index (χ3n) is 12.0. The van der Waals surface area contributed by atoms with Gasteiger partial charge in [0.15, 0.2) is 5.82 Å². The van der Waals surface area contributed by atoms with Crippen LogP contribution in [0, 0.1) is 5.92 Å². The standard InChI is InChI=1S/C51H67BN9O8/c1-9-54-49(67)45-60-59-44(38-29-37(33(4)5)41(62)30-42(38)63)61(45)36-21-19-35(20-22-36)46(64)56-24-16-11-10-15-23-51(8,50(6,7)68)69-52-43(27-32(2)3)58-47(65)39(28-34-17-13-12-14-18-34)57-48(66)40-31-53-25-26-55-40/h12-14,17-22,25-26,29-33,39,43,62-63,68H,9-11,15-16,23-24,27-28H2,1-8H3,(H,54,67)(H,56,64)(H,57,66)(H,58,65). The Morgan fingerprint density at radius 2 is 1.52 bits per heavy atom. The van der Waals surface area contributed by atoms with Gasteiger partial charge >= 0.3 is 7.48 Å². The normalized spacial score (nSPS) is 13.3. The monoisotopic (exact) mass is 945 g/mol. The van der Waals surface area contributed by atoms with E-state index in [0.29, 0.717) is 49.2 Å². The number of carbonyl (C=O) groups excluding carboxylic acids is 4. The van der Waals surface area contributed by atoms with Crippen molar-refractivity contribution in [2.75, 3.05) is 13.1 Å². The summed E-state index contributed by atoms with van der Waals surface area (Å²) in [6.45, 7) is 15.7. The molecule has 1 radical (unpaired) electrons. The molecule has 3 unspecified atom stereocenters. The van der Waals surface area contributed by atoms with Gasteiger partial charge in [-0.05, 0) is 100 Å². The smallest absolute Gasteiger partial charge is 0.317 e. The van der Waals surface area contributed by atoms with Gasteiger partial charge in [-0.2, -0.15) is 0 Å². The van der Waals surface area contributed by atoms with E-state index in [4.69, 9.17) is 4.65 Å². The van der Waals surface area contributed by atoms with Gasteiger partial charge in [0.25, 0.3) is 17.7 Å². The first-order valence-electron chi connectivity index (χ1n) is 23.6. The van der Waals surface area contributed by atoms with Crippen LogP contribution in [0.1, 0.15) is 142 Å². The number of nitrogens with one attached hydrogen (secondary N) is 4. The third-order valence-corrected chi connectivity index (χ3v) is 12.0. The summed E-state index contributed by atoms with van der Waals surface area (Å²) in [6.07, 6.45) is 8.59. The number of nitrogens with zero attached hydrogens (tertiary/aromatic N) is 5. The van der Waals surface area contributed by atoms with E-state index in [9.17, 15) is 34.5 Å². The quantitative estimate of drug-likeness (QED) is 0.0249. The molecule has 18 heteroatoms. The number of aliphatic hydroxyl groups is 1. The zero-order valence-electron chi connectivity index (χ0n) is 41.0. The molecule has 0 fully saturated rings. The van der Waals surface area contributed by atoms with Crippen molar-refractivity contribution >= 4 is 31.1 Å². The maximum Gasteiger partial charge on any atom is 0.317 e. The van der Waals surface area contributed by atoms with E-state index < -0.39 is 40.9 Å². The zero-order valence-corrected chi connectivity index (χ0v) is 41.0. The highest BCUT2D eigenvalue weighted by molar-refractivity contribution is 6.30. The molecule has 0 aliphatic rings. The maximum atomic E-state index is 13.9. The molecule has 69 heavy (non-hydrogen) atoms. The average molecular weight is 945 g/mol. The highest BCUT2D eigenvalue weighted by Gasteiger charge is 2.41. The van der Waals surface area contributed by atoms with E-state index in [1.807, 2.05) is 65.0 Å². The lowest BCUT2D eigenvalue weighted by Gasteiger charge is -2.42. The van der Waals surface area contributed by atoms with Crippen LogP contribution in [0.15, 0.2) is 85.3 Å². The molecule has 7 N–H and O–H groups in total. The number of phenols is 2. The number of unbranched alkanes of at least 4 members (excludes halogenated alkanes) is 3. The fraction of sp³-hybridized carbons (Fsp3) is 0.451. The third kappa shape index (κ3) is 14.7. The van der Waals surface area contributed by atoms with Crippen molar-refractivity contribution in [1.82, 2.24) is 46.0 Å². The molecule has 0 spiro atoms. The SMILES string of the molecule is CCNC(=O)c1nnc(-c2cc(C(C)C)c(O)cc2O)n1-c1ccc(C(=O)NCCCCCCC(C)(O[B]C(CC(C)C)NC(=O)C(Cc2ccccc2)NC(=O)c2cnccn2)C(C)(C)O)cc1. The minimum atomic E-state index is -1.25. The average Bonchev–Trinajstić information content (AvgIpc) is 3.75. The van der Waals surface area contributed by atoms with Gasteiger partial charge < -0.3 is 41.2 Å². The molecule has 0 saturated heterocycles. The lowest BCUT2D eigenvalue weighted by atomic mass is 9.76. The Hall–Kier alpha value is -6.66. The summed E-state index contributed by atoms with van der Waals surface area (Å²) in [5.74, 6) is -2.19. The number of carbonyl (C=O) groups is 4. The Morgan fingerprint density at radius 1 is 0.812 bits per heavy atom. The molecule has 2 aromatic heterocycles. The molecule has 17 nitrogen and oxygen atoms in total. The molecule has 0 bridgehead atoms. The first-order chi connectivity index (χ1) is 32.8. The minimum Gasteiger partial charge on any atom is -0.508 e. The predicted molar refractivity (Wildman–Crippen MR) is 264 cm³/mol. The van der Waals surface area contributed by atoms with E-state index in [2.05, 4.69) is 41.4 Å². The van der Waals surface area contributed by atoms with Crippen LogP contribution < -0.4 is 21.3 Å². The molecular formula is C51H67BN9O8. The molecule has 0 saturated carbocycles. The van der Waals surface area contributed by atoms with Crippen LogP contribution >= 0.6 is 0 Å². The Balaban J connectivity index is 1.15. The van der Waals surface area contributed by atoms with Crippen LogP contribution in [0.3, 0.4) is 0 Å². The molecule has 2 heterocycles. The van der Waals surface area contributed by atoms with E-state index in [1.165, 1.54) is 29.2 Å². The second-order valence-corrected chi connectivity index (χ2v) is 18.7. The second-order valence-electron chi connectivity index (χ2n) is 18.7. The summed E-state index contributed by atoms with van der Waals surface area (Å²) in [5.41, 5.74) is 0.465. The van der Waals surface area contributed by atoms with E-state index in [-0.39, 0.29) is 58.6 Å². The minimum absolute atomic E-state index is 0.0123. The Morgan fingerprint density at radius 3 is 2.16 bits per heavy atom. The summed E-state index contributed by atoms with van der Waals surface area (Å²) in [5, 5.41) is 52.7. The molecule has 5 rings (SSSR count). The summed E-state index contributed by atoms with van der Waals surface area (Å²) in [4.78, 5) is 61.4. The van der Waals surface area contributed by atoms with Crippen LogP contribution in [0.4, 0.5) is 0 Å². The van der Waals surface area contributed by atoms with Crippen molar-refractivity contribution in [1.29, 1.82) is 0 Å². The molecule has 3 aromatic carbocycles. The first-order valence-corrected chi connectivity index (χ1v) is 23.6. The summed E-state index contributed by atoms with van der Waals surface area (Å²) < 4.78 is 7.93. The van der Waals surface area contributed by atoms with E-state index >= 15 is 0 Å². The zero-order chi connectivity index (χ0) is 50.3. The van der Waals surface area contributed by atoms with Crippen LogP contribution in [-0.4, -0.2) is 107 Å². The van der Waals surface area contributed by atoms with Crippen LogP contribution in [0.2, 0.25) is 0 Å². The van der Waals surface area contributed by atoms with Crippen LogP contribution in [0.5, 0.6) is 11.5 Å². The number of aromatic hydroxyl groups is 2. The molecular weight excluding hydrogens is 877 g/mol. The summed E-state index contributed by atoms with van der Waals surface area (Å²) in [7, 11) is 1.60. The number of amides is 4. The number of rotatable bonds is 25. The predicted octanol–water partition coefficient (Wildman–Crippen LogP) is 6.38. The van der Waals surface area contributed by atoms with Crippen LogP contribution in [0.25, 0.3) is 17.1 Å². The first kappa shape index (κ1) is 53.3. The van der Waals surface area contributed by atoms with Crippen molar-refractivity contribution in [3.05, 3.63) is 114 Å². The topological polar surface area (TPSA) is 243 Å². The van der Waals surface area contributed by atoms with Gasteiger partial charge in [0, 0.05) is 55.2 Å². The number of hydrogen-bond acceptors (Lipinski definition) is 12. The highest BCUT2D eigenvalue weighted by Crippen LogP contribution is 2.38. The molecule has 5 aromatic rings. The van der Waals surface area contributed by atoms with E-state index in [1.54, 1.807) is 58.6 Å². The Kier molecular flexibility index (Phi) is 19.0. The second kappa shape index (κ2) is 24.6. The van der Waals surface area contributed by atoms with Crippen molar-refractivity contribution in [3.63, 3.8) is 0 Å². The van der Waals surface area contributed by atoms with Crippen molar-refractivity contribution in [3.8, 4) is 28.6 Å². The molecule has 4 amide bonds. The summed E-state index contributed by atoms with van der Waals surface area (Å²) >= 11 is 0. The van der Waals surface area contributed by atoms with E-state index in [0.717, 1.165) is 24.8 Å². The number of hydrogen-bond donors (Lipinski definition) is 7. The fourth-order valence-electron chi connectivity index (χ4n) is 7.72. The molecule has 367 valence electrons. The van der Waals surface area contributed by atoms with Gasteiger partial charge in [0.1, 0.15) is 23.2 Å². The van der Waals surface area contributed by atoms with Gasteiger partial charge in [-0.1, -0.05) is 77.3 Å². The molecule has 0 aliphatic carbocycles. The van der Waals surface area contributed by atoms with Crippen molar-refractivity contribution in [2.24, 2.45) is 5.92 Å². The molecule has 3 atom stereocenters. The number of phenolic OH excluding ortho intramolecular Hbond substituents is 2. The molecule has 0 aliphatic heterocycles. The van der Waals surface area contributed by atoms with Crippen LogP contribution in [-0.2, 0) is 15.9 Å². The highest BCUT2D eigenvalue weighted by atomic mass is 16.5. The van der Waals surface area contributed by atoms with Gasteiger partial charge in [-0.15, -0.1) is 10.2 Å².